The predicted octanol–water partition coefficient (Wildman–Crippen LogP) is 2.62. The number of aromatic nitrogens is 3. The first-order valence-electron chi connectivity index (χ1n) is 5.62. The molecule has 94 valence electrons. The van der Waals surface area contributed by atoms with Crippen LogP contribution in [-0.4, -0.2) is 20.5 Å². The van der Waals surface area contributed by atoms with Gasteiger partial charge in [0.15, 0.2) is 5.78 Å². The van der Waals surface area contributed by atoms with Crippen molar-refractivity contribution in [3.63, 3.8) is 0 Å². The Morgan fingerprint density at radius 3 is 2.67 bits per heavy atom. The molecule has 0 spiro atoms. The van der Waals surface area contributed by atoms with E-state index >= 15 is 0 Å². The topological polar surface area (TPSA) is 47.8 Å². The van der Waals surface area contributed by atoms with E-state index in [2.05, 4.69) is 26.0 Å². The summed E-state index contributed by atoms with van der Waals surface area (Å²) < 4.78 is 2.62. The monoisotopic (exact) mass is 307 g/mol. The van der Waals surface area contributed by atoms with Gasteiger partial charge in [-0.1, -0.05) is 0 Å². The van der Waals surface area contributed by atoms with Gasteiger partial charge >= 0.3 is 0 Å². The van der Waals surface area contributed by atoms with Gasteiger partial charge in [0, 0.05) is 36.0 Å². The first-order valence-corrected chi connectivity index (χ1v) is 6.41. The number of halogens is 1. The number of Topliss-reactive ketones (excluding diaryl/α,β-unsaturated/α-hetero) is 1. The molecule has 18 heavy (non-hydrogen) atoms. The lowest BCUT2D eigenvalue weighted by molar-refractivity contribution is 0.0991. The third-order valence-corrected chi connectivity index (χ3v) is 3.35. The second-order valence-electron chi connectivity index (χ2n) is 4.28. The Labute approximate surface area is 114 Å². The molecule has 4 nitrogen and oxygen atoms in total. The Morgan fingerprint density at radius 2 is 2.11 bits per heavy atom. The fourth-order valence-electron chi connectivity index (χ4n) is 2.00. The molecule has 0 unspecified atom stereocenters. The number of hydrogen-bond acceptors (Lipinski definition) is 3. The van der Waals surface area contributed by atoms with Crippen molar-refractivity contribution in [2.24, 2.45) is 7.05 Å². The van der Waals surface area contributed by atoms with Gasteiger partial charge in [0.05, 0.1) is 11.3 Å². The van der Waals surface area contributed by atoms with Crippen molar-refractivity contribution in [2.75, 3.05) is 0 Å². The average molecular weight is 308 g/mol. The van der Waals surface area contributed by atoms with Crippen LogP contribution in [-0.2, 0) is 13.5 Å². The van der Waals surface area contributed by atoms with Crippen LogP contribution in [0.4, 0.5) is 0 Å². The maximum atomic E-state index is 12.3. The largest absolute Gasteiger partial charge is 0.294 e. The number of carbonyl (C=O) groups excluding carboxylic acids is 1. The van der Waals surface area contributed by atoms with Gasteiger partial charge in [-0.25, -0.2) is 0 Å². The van der Waals surface area contributed by atoms with Gasteiger partial charge in [0.25, 0.3) is 0 Å². The van der Waals surface area contributed by atoms with E-state index in [-0.39, 0.29) is 5.78 Å². The van der Waals surface area contributed by atoms with Crippen molar-refractivity contribution in [1.29, 1.82) is 0 Å². The zero-order valence-electron chi connectivity index (χ0n) is 10.6. The molecule has 0 bridgehead atoms. The highest BCUT2D eigenvalue weighted by atomic mass is 79.9. The first-order chi connectivity index (χ1) is 8.49. The van der Waals surface area contributed by atoms with E-state index in [1.807, 2.05) is 27.0 Å². The summed E-state index contributed by atoms with van der Waals surface area (Å²) >= 11 is 3.35. The van der Waals surface area contributed by atoms with Crippen LogP contribution in [0.3, 0.4) is 0 Å². The fourth-order valence-corrected chi connectivity index (χ4v) is 2.42. The molecule has 0 N–H and O–H groups in total. The van der Waals surface area contributed by atoms with E-state index < -0.39 is 0 Å². The van der Waals surface area contributed by atoms with Crippen molar-refractivity contribution >= 4 is 21.7 Å². The van der Waals surface area contributed by atoms with Crippen LogP contribution in [0, 0.1) is 13.8 Å². The summed E-state index contributed by atoms with van der Waals surface area (Å²) in [7, 11) is 1.85. The fraction of sp³-hybridized carbons (Fsp3) is 0.308. The Hall–Kier alpha value is -1.49. The molecule has 2 aromatic rings. The summed E-state index contributed by atoms with van der Waals surface area (Å²) in [6, 6.07) is 1.91. The van der Waals surface area contributed by atoms with E-state index in [4.69, 9.17) is 0 Å². The number of pyridine rings is 1. The second-order valence-corrected chi connectivity index (χ2v) is 5.20. The molecule has 0 fully saturated rings. The molecule has 0 saturated heterocycles. The number of nitrogens with zero attached hydrogens (tertiary/aromatic N) is 3. The van der Waals surface area contributed by atoms with Gasteiger partial charge in [-0.3, -0.25) is 14.5 Å². The van der Waals surface area contributed by atoms with Crippen molar-refractivity contribution in [3.8, 4) is 0 Å². The van der Waals surface area contributed by atoms with Crippen molar-refractivity contribution in [1.82, 2.24) is 14.8 Å². The molecule has 0 aliphatic rings. The summed E-state index contributed by atoms with van der Waals surface area (Å²) in [4.78, 5) is 16.3. The van der Waals surface area contributed by atoms with E-state index in [1.165, 1.54) is 0 Å². The Balaban J connectivity index is 2.27. The molecule has 0 saturated carbocycles. The minimum Gasteiger partial charge on any atom is -0.294 e. The molecular weight excluding hydrogens is 294 g/mol. The summed E-state index contributed by atoms with van der Waals surface area (Å²) in [6.07, 6.45) is 3.76. The van der Waals surface area contributed by atoms with Crippen LogP contribution in [0.5, 0.6) is 0 Å². The van der Waals surface area contributed by atoms with Gasteiger partial charge in [-0.2, -0.15) is 5.10 Å². The summed E-state index contributed by atoms with van der Waals surface area (Å²) in [5.41, 5.74) is 3.30. The minimum absolute atomic E-state index is 0.0815. The van der Waals surface area contributed by atoms with E-state index in [9.17, 15) is 4.79 Å². The number of hydrogen-bond donors (Lipinski definition) is 0. The zero-order valence-corrected chi connectivity index (χ0v) is 12.2. The number of aryl methyl sites for hydroxylation is 2. The molecule has 0 radical (unpaired) electrons. The third-order valence-electron chi connectivity index (χ3n) is 2.91. The highest BCUT2D eigenvalue weighted by Crippen LogP contribution is 2.16. The van der Waals surface area contributed by atoms with Crippen LogP contribution < -0.4 is 0 Å². The number of rotatable bonds is 3. The lowest BCUT2D eigenvalue weighted by Crippen LogP contribution is -2.07. The SMILES string of the molecule is Cc1nn(C)c(C)c1C(=O)Cc1cncc(Br)c1. The first kappa shape index (κ1) is 13.0. The summed E-state index contributed by atoms with van der Waals surface area (Å²) in [5, 5.41) is 4.26. The van der Waals surface area contributed by atoms with Crippen molar-refractivity contribution in [3.05, 3.63) is 45.4 Å². The number of carbonyl (C=O) groups is 1. The van der Waals surface area contributed by atoms with Gasteiger partial charge in [0.1, 0.15) is 0 Å². The molecular formula is C13H14BrN3O. The van der Waals surface area contributed by atoms with Crippen LogP contribution in [0.1, 0.15) is 27.3 Å². The Bertz CT molecular complexity index is 604. The molecule has 0 aromatic carbocycles. The molecule has 2 rings (SSSR count). The van der Waals surface area contributed by atoms with E-state index in [0.29, 0.717) is 6.42 Å². The molecule has 0 aliphatic heterocycles. The lowest BCUT2D eigenvalue weighted by Gasteiger charge is -2.02. The molecule has 2 heterocycles. The van der Waals surface area contributed by atoms with Crippen LogP contribution in [0.25, 0.3) is 0 Å². The standard InChI is InChI=1S/C13H14BrN3O/c1-8-13(9(2)17(3)16-8)12(18)5-10-4-11(14)7-15-6-10/h4,6-7H,5H2,1-3H3. The van der Waals surface area contributed by atoms with Crippen LogP contribution in [0.2, 0.25) is 0 Å². The predicted molar refractivity (Wildman–Crippen MR) is 72.7 cm³/mol. The Kier molecular flexibility index (Phi) is 3.61. The number of ketones is 1. The van der Waals surface area contributed by atoms with Crippen LogP contribution in [0.15, 0.2) is 22.9 Å². The Morgan fingerprint density at radius 1 is 1.39 bits per heavy atom. The normalized spacial score (nSPS) is 10.7. The highest BCUT2D eigenvalue weighted by Gasteiger charge is 2.17. The van der Waals surface area contributed by atoms with Gasteiger partial charge in [-0.05, 0) is 41.4 Å². The summed E-state index contributed by atoms with van der Waals surface area (Å²) in [5.74, 6) is 0.0815. The minimum atomic E-state index is 0.0815. The lowest BCUT2D eigenvalue weighted by atomic mass is 10.0. The van der Waals surface area contributed by atoms with Crippen molar-refractivity contribution < 1.29 is 4.79 Å². The maximum absolute atomic E-state index is 12.3. The summed E-state index contributed by atoms with van der Waals surface area (Å²) in [6.45, 7) is 3.77. The smallest absolute Gasteiger partial charge is 0.170 e. The highest BCUT2D eigenvalue weighted by molar-refractivity contribution is 9.10. The molecule has 0 atom stereocenters. The van der Waals surface area contributed by atoms with E-state index in [1.54, 1.807) is 17.1 Å². The molecule has 5 heteroatoms. The maximum Gasteiger partial charge on any atom is 0.170 e. The zero-order chi connectivity index (χ0) is 13.3. The average Bonchev–Trinajstić information content (AvgIpc) is 2.53. The van der Waals surface area contributed by atoms with Crippen LogP contribution >= 0.6 is 15.9 Å². The molecule has 2 aromatic heterocycles. The molecule has 0 amide bonds. The quantitative estimate of drug-likeness (QED) is 0.819. The van der Waals surface area contributed by atoms with Gasteiger partial charge < -0.3 is 0 Å². The third kappa shape index (κ3) is 2.51. The van der Waals surface area contributed by atoms with Gasteiger partial charge in [0.2, 0.25) is 0 Å². The van der Waals surface area contributed by atoms with Gasteiger partial charge in [-0.15, -0.1) is 0 Å². The second kappa shape index (κ2) is 5.02. The molecule has 0 aliphatic carbocycles. The van der Waals surface area contributed by atoms with E-state index in [0.717, 1.165) is 27.0 Å². The van der Waals surface area contributed by atoms with Crippen molar-refractivity contribution in [2.45, 2.75) is 20.3 Å².